The van der Waals surface area contributed by atoms with Crippen molar-refractivity contribution in [3.05, 3.63) is 58.9 Å². The van der Waals surface area contributed by atoms with E-state index < -0.39 is 0 Å². The van der Waals surface area contributed by atoms with E-state index in [0.717, 1.165) is 41.7 Å². The average Bonchev–Trinajstić information content (AvgIpc) is 3.18. The second kappa shape index (κ2) is 6.34. The van der Waals surface area contributed by atoms with Crippen LogP contribution in [-0.4, -0.2) is 40.5 Å². The summed E-state index contributed by atoms with van der Waals surface area (Å²) in [7, 11) is 1.73. The fourth-order valence-corrected chi connectivity index (χ4v) is 5.74. The molecule has 1 aliphatic heterocycles. The Balaban J connectivity index is 1.57. The van der Waals surface area contributed by atoms with E-state index in [1.165, 1.54) is 16.7 Å². The maximum atomic E-state index is 13.6. The molecule has 1 aromatic heterocycles. The van der Waals surface area contributed by atoms with Gasteiger partial charge in [-0.1, -0.05) is 26.8 Å². The number of hydrogen-bond acceptors (Lipinski definition) is 3. The summed E-state index contributed by atoms with van der Waals surface area (Å²) in [4.78, 5) is 23.1. The highest BCUT2D eigenvalue weighted by atomic mass is 16.5. The third kappa shape index (κ3) is 2.47. The minimum Gasteiger partial charge on any atom is -0.496 e. The van der Waals surface area contributed by atoms with E-state index in [9.17, 15) is 4.79 Å². The van der Waals surface area contributed by atoms with Gasteiger partial charge in [-0.25, -0.2) is 4.98 Å². The molecule has 5 nitrogen and oxygen atoms in total. The zero-order chi connectivity index (χ0) is 21.3. The van der Waals surface area contributed by atoms with Gasteiger partial charge in [0.15, 0.2) is 0 Å². The van der Waals surface area contributed by atoms with Crippen molar-refractivity contribution in [2.45, 2.75) is 52.0 Å². The highest BCUT2D eigenvalue weighted by molar-refractivity contribution is 5.97. The first-order valence-electron chi connectivity index (χ1n) is 10.7. The Kier molecular flexibility index (Phi) is 4.05. The summed E-state index contributed by atoms with van der Waals surface area (Å²) in [5.74, 6) is 1.03. The Hall–Kier alpha value is -2.82. The second-order valence-electron chi connectivity index (χ2n) is 9.64. The van der Waals surface area contributed by atoms with E-state index in [4.69, 9.17) is 4.74 Å². The number of benzene rings is 2. The molecule has 3 aromatic rings. The molecule has 5 rings (SSSR count). The molecule has 1 N–H and O–H groups in total. The molecule has 2 heterocycles. The molecule has 0 unspecified atom stereocenters. The van der Waals surface area contributed by atoms with Crippen molar-refractivity contribution in [1.82, 2.24) is 14.9 Å². The van der Waals surface area contributed by atoms with E-state index in [-0.39, 0.29) is 22.8 Å². The van der Waals surface area contributed by atoms with Gasteiger partial charge in [0, 0.05) is 23.6 Å². The molecule has 156 valence electrons. The van der Waals surface area contributed by atoms with Gasteiger partial charge in [-0.2, -0.15) is 0 Å². The minimum absolute atomic E-state index is 0.0202. The number of likely N-dealkylation sites (tertiary alicyclic amines) is 1. The van der Waals surface area contributed by atoms with Crippen molar-refractivity contribution < 1.29 is 9.53 Å². The fourth-order valence-electron chi connectivity index (χ4n) is 5.74. The number of piperidine rings is 1. The van der Waals surface area contributed by atoms with Crippen molar-refractivity contribution >= 4 is 16.9 Å². The number of aromatic amines is 1. The molecular weight excluding hydrogens is 374 g/mol. The van der Waals surface area contributed by atoms with E-state index in [0.29, 0.717) is 0 Å². The third-order valence-electron chi connectivity index (χ3n) is 8.04. The summed E-state index contributed by atoms with van der Waals surface area (Å²) in [6.45, 7) is 9.93. The molecule has 30 heavy (non-hydrogen) atoms. The quantitative estimate of drug-likeness (QED) is 0.678. The number of imidazole rings is 1. The van der Waals surface area contributed by atoms with Crippen molar-refractivity contribution in [3.8, 4) is 5.75 Å². The first-order valence-corrected chi connectivity index (χ1v) is 10.7. The molecule has 1 saturated heterocycles. The normalized spacial score (nSPS) is 24.6. The highest BCUT2D eigenvalue weighted by Crippen LogP contribution is 2.56. The van der Waals surface area contributed by atoms with Gasteiger partial charge in [-0.05, 0) is 66.1 Å². The smallest absolute Gasteiger partial charge is 0.254 e. The lowest BCUT2D eigenvalue weighted by atomic mass is 9.51. The van der Waals surface area contributed by atoms with Crippen molar-refractivity contribution in [2.75, 3.05) is 13.7 Å². The number of methoxy groups -OCH3 is 1. The largest absolute Gasteiger partial charge is 0.496 e. The molecule has 2 atom stereocenters. The molecule has 2 bridgehead atoms. The first kappa shape index (κ1) is 19.2. The number of aryl methyl sites for hydroxylation is 1. The molecule has 0 saturated carbocycles. The third-order valence-corrected chi connectivity index (χ3v) is 8.04. The summed E-state index contributed by atoms with van der Waals surface area (Å²) in [6, 6.07) is 10.4. The van der Waals surface area contributed by atoms with Crippen LogP contribution in [0, 0.1) is 12.3 Å². The number of aromatic nitrogens is 2. The number of hydrogen-bond donors (Lipinski definition) is 1. The number of fused-ring (bicyclic) bond motifs is 5. The summed E-state index contributed by atoms with van der Waals surface area (Å²) in [5, 5.41) is 0. The lowest BCUT2D eigenvalue weighted by Gasteiger charge is -2.61. The molecule has 1 aliphatic carbocycles. The monoisotopic (exact) mass is 403 g/mol. The predicted octanol–water partition coefficient (Wildman–Crippen LogP) is 4.63. The first-order chi connectivity index (χ1) is 14.3. The van der Waals surface area contributed by atoms with Crippen LogP contribution in [0.5, 0.6) is 5.75 Å². The SMILES string of the molecule is COc1cc2c(cc1C)[C@@]1(C)CCN(C(=O)c3ccc4nc[nH]c4c3)[C@@H](C2)C1(C)C. The number of nitrogens with zero attached hydrogens (tertiary/aromatic N) is 2. The van der Waals surface area contributed by atoms with Crippen LogP contribution in [0.1, 0.15) is 54.2 Å². The van der Waals surface area contributed by atoms with E-state index in [1.54, 1.807) is 13.4 Å². The molecule has 2 aliphatic rings. The van der Waals surface area contributed by atoms with Crippen molar-refractivity contribution in [2.24, 2.45) is 5.41 Å². The number of amides is 1. The molecule has 1 amide bonds. The number of carbonyl (C=O) groups excluding carboxylic acids is 1. The maximum Gasteiger partial charge on any atom is 0.254 e. The van der Waals surface area contributed by atoms with Gasteiger partial charge >= 0.3 is 0 Å². The Morgan fingerprint density at radius 3 is 2.80 bits per heavy atom. The Bertz CT molecular complexity index is 1160. The highest BCUT2D eigenvalue weighted by Gasteiger charge is 2.57. The number of H-pyrrole nitrogens is 1. The van der Waals surface area contributed by atoms with E-state index in [1.807, 2.05) is 18.2 Å². The average molecular weight is 404 g/mol. The van der Waals surface area contributed by atoms with Crippen LogP contribution in [-0.2, 0) is 11.8 Å². The Labute approximate surface area is 177 Å². The number of ether oxygens (including phenoxy) is 1. The van der Waals surface area contributed by atoms with Gasteiger partial charge in [0.1, 0.15) is 5.75 Å². The fraction of sp³-hybridized carbons (Fsp3) is 0.440. The van der Waals surface area contributed by atoms with Gasteiger partial charge in [0.25, 0.3) is 5.91 Å². The van der Waals surface area contributed by atoms with Gasteiger partial charge in [-0.15, -0.1) is 0 Å². The van der Waals surface area contributed by atoms with Gasteiger partial charge in [0.05, 0.1) is 24.5 Å². The summed E-state index contributed by atoms with van der Waals surface area (Å²) in [5.41, 5.74) is 6.40. The summed E-state index contributed by atoms with van der Waals surface area (Å²) >= 11 is 0. The topological polar surface area (TPSA) is 58.2 Å². The van der Waals surface area contributed by atoms with E-state index >= 15 is 0 Å². The van der Waals surface area contributed by atoms with Crippen LogP contribution in [0.25, 0.3) is 11.0 Å². The zero-order valence-electron chi connectivity index (χ0n) is 18.4. The molecule has 5 heteroatoms. The van der Waals surface area contributed by atoms with Crippen LogP contribution < -0.4 is 4.74 Å². The lowest BCUT2D eigenvalue weighted by molar-refractivity contribution is -0.0262. The second-order valence-corrected chi connectivity index (χ2v) is 9.64. The Morgan fingerprint density at radius 1 is 1.23 bits per heavy atom. The van der Waals surface area contributed by atoms with Crippen LogP contribution >= 0.6 is 0 Å². The van der Waals surface area contributed by atoms with Gasteiger partial charge in [0.2, 0.25) is 0 Å². The minimum atomic E-state index is -0.0347. The molecule has 2 aromatic carbocycles. The number of nitrogens with one attached hydrogen (secondary N) is 1. The number of rotatable bonds is 2. The summed E-state index contributed by atoms with van der Waals surface area (Å²) < 4.78 is 5.61. The molecule has 1 fully saturated rings. The standard InChI is InChI=1S/C25H29N3O2/c1-15-10-18-17(12-21(15)30-5)13-22-24(2,3)25(18,4)8-9-28(22)23(29)16-6-7-19-20(11-16)27-14-26-19/h6-7,10-12,14,22H,8-9,13H2,1-5H3,(H,26,27)/t22-,25+/m0/s1. The zero-order valence-corrected chi connectivity index (χ0v) is 18.4. The van der Waals surface area contributed by atoms with Crippen LogP contribution in [0.4, 0.5) is 0 Å². The number of carbonyl (C=O) groups is 1. The van der Waals surface area contributed by atoms with Crippen molar-refractivity contribution in [3.63, 3.8) is 0 Å². The van der Waals surface area contributed by atoms with Gasteiger partial charge in [-0.3, -0.25) is 4.79 Å². The Morgan fingerprint density at radius 2 is 2.03 bits per heavy atom. The van der Waals surface area contributed by atoms with Crippen LogP contribution in [0.15, 0.2) is 36.7 Å². The van der Waals surface area contributed by atoms with E-state index in [2.05, 4.69) is 54.7 Å². The molecule has 0 spiro atoms. The predicted molar refractivity (Wildman–Crippen MR) is 118 cm³/mol. The van der Waals surface area contributed by atoms with Crippen LogP contribution in [0.2, 0.25) is 0 Å². The molecular formula is C25H29N3O2. The molecule has 0 radical (unpaired) electrons. The van der Waals surface area contributed by atoms with Crippen LogP contribution in [0.3, 0.4) is 0 Å². The lowest BCUT2D eigenvalue weighted by Crippen LogP contribution is -2.64. The van der Waals surface area contributed by atoms with Crippen molar-refractivity contribution in [1.29, 1.82) is 0 Å². The maximum absolute atomic E-state index is 13.6. The van der Waals surface area contributed by atoms with Gasteiger partial charge < -0.3 is 14.6 Å². The summed E-state index contributed by atoms with van der Waals surface area (Å²) in [6.07, 6.45) is 3.47.